The Labute approximate surface area is 177 Å². The number of carbonyl (C=O) groups excluding carboxylic acids is 2. The van der Waals surface area contributed by atoms with Crippen molar-refractivity contribution in [2.24, 2.45) is 0 Å². The van der Waals surface area contributed by atoms with Gasteiger partial charge in [-0.1, -0.05) is 6.42 Å². The summed E-state index contributed by atoms with van der Waals surface area (Å²) >= 11 is 1.65. The Balaban J connectivity index is 1.37. The number of nitrogens with two attached hydrogens (primary N) is 1. The second-order valence-electron chi connectivity index (χ2n) is 7.36. The Bertz CT molecular complexity index is 1100. The largest absolute Gasteiger partial charge is 0.457 e. The van der Waals surface area contributed by atoms with Crippen LogP contribution in [0.15, 0.2) is 24.3 Å². The first-order valence-electron chi connectivity index (χ1n) is 10.0. The Morgan fingerprint density at radius 3 is 2.63 bits per heavy atom. The number of nitrogen functional groups attached to an aromatic ring is 1. The van der Waals surface area contributed by atoms with E-state index in [2.05, 4.69) is 9.97 Å². The summed E-state index contributed by atoms with van der Waals surface area (Å²) in [7, 11) is 0. The number of benzene rings is 1. The molecule has 2 N–H and O–H groups in total. The van der Waals surface area contributed by atoms with Crippen molar-refractivity contribution in [2.45, 2.75) is 51.6 Å². The molecule has 30 heavy (non-hydrogen) atoms. The number of rotatable bonds is 6. The van der Waals surface area contributed by atoms with E-state index in [4.69, 9.17) is 10.5 Å². The summed E-state index contributed by atoms with van der Waals surface area (Å²) in [5.74, 6) is -0.389. The Hall–Kier alpha value is -2.87. The molecular weight excluding hydrogens is 405 g/mol. The number of ketones is 1. The molecule has 0 saturated carbocycles. The number of thiophene rings is 1. The molecule has 0 fully saturated rings. The molecule has 0 saturated heterocycles. The number of ether oxygens (including phenoxy) is 1. The maximum Gasteiger partial charge on any atom is 0.306 e. The highest BCUT2D eigenvalue weighted by Crippen LogP contribution is 2.37. The van der Waals surface area contributed by atoms with E-state index in [9.17, 15) is 14.0 Å². The monoisotopic (exact) mass is 427 g/mol. The van der Waals surface area contributed by atoms with Crippen molar-refractivity contribution in [3.63, 3.8) is 0 Å². The van der Waals surface area contributed by atoms with Crippen LogP contribution in [0, 0.1) is 5.82 Å². The van der Waals surface area contributed by atoms with Crippen LogP contribution >= 0.6 is 11.3 Å². The number of aryl methyl sites for hydroxylation is 2. The number of nitrogens with zero attached hydrogens (tertiary/aromatic N) is 2. The molecule has 0 amide bonds. The van der Waals surface area contributed by atoms with Crippen LogP contribution in [0.25, 0.3) is 10.2 Å². The van der Waals surface area contributed by atoms with E-state index < -0.39 is 11.8 Å². The van der Waals surface area contributed by atoms with Crippen LogP contribution in [0.3, 0.4) is 0 Å². The number of aromatic nitrogens is 2. The zero-order valence-electron chi connectivity index (χ0n) is 16.4. The summed E-state index contributed by atoms with van der Waals surface area (Å²) in [5.41, 5.74) is 7.84. The molecule has 1 aromatic carbocycles. The summed E-state index contributed by atoms with van der Waals surface area (Å²) in [6.07, 6.45) is 5.51. The fourth-order valence-electron chi connectivity index (χ4n) is 3.69. The van der Waals surface area contributed by atoms with E-state index in [1.165, 1.54) is 47.5 Å². The number of Topliss-reactive ketones (excluding diaryl/α,β-unsaturated/α-hetero) is 1. The van der Waals surface area contributed by atoms with Gasteiger partial charge in [0.1, 0.15) is 16.5 Å². The topological polar surface area (TPSA) is 95.2 Å². The zero-order valence-corrected chi connectivity index (χ0v) is 17.3. The van der Waals surface area contributed by atoms with E-state index in [0.29, 0.717) is 17.2 Å². The predicted octanol–water partition coefficient (Wildman–Crippen LogP) is 4.39. The first kappa shape index (κ1) is 20.4. The van der Waals surface area contributed by atoms with Gasteiger partial charge in [0.05, 0.1) is 11.8 Å². The van der Waals surface area contributed by atoms with Crippen molar-refractivity contribution in [3.05, 3.63) is 51.9 Å². The Morgan fingerprint density at radius 1 is 1.07 bits per heavy atom. The van der Waals surface area contributed by atoms with Gasteiger partial charge in [-0.15, -0.1) is 11.3 Å². The lowest BCUT2D eigenvalue weighted by Crippen LogP contribution is -2.10. The molecule has 0 unspecified atom stereocenters. The maximum atomic E-state index is 12.9. The van der Waals surface area contributed by atoms with Crippen molar-refractivity contribution < 1.29 is 18.7 Å². The van der Waals surface area contributed by atoms with E-state index in [0.717, 1.165) is 29.5 Å². The molecule has 4 rings (SSSR count). The first-order valence-corrected chi connectivity index (χ1v) is 10.8. The van der Waals surface area contributed by atoms with Gasteiger partial charge in [0.15, 0.2) is 18.2 Å². The molecule has 3 aromatic rings. The zero-order chi connectivity index (χ0) is 21.1. The van der Waals surface area contributed by atoms with Gasteiger partial charge in [-0.25, -0.2) is 14.4 Å². The van der Waals surface area contributed by atoms with Gasteiger partial charge < -0.3 is 10.5 Å². The molecule has 0 atom stereocenters. The van der Waals surface area contributed by atoms with Crippen LogP contribution in [0.5, 0.6) is 0 Å². The van der Waals surface area contributed by atoms with Crippen LogP contribution in [0.4, 0.5) is 10.2 Å². The Kier molecular flexibility index (Phi) is 6.03. The number of carbonyl (C=O) groups is 2. The highest BCUT2D eigenvalue weighted by molar-refractivity contribution is 7.19. The highest BCUT2D eigenvalue weighted by Gasteiger charge is 2.19. The van der Waals surface area contributed by atoms with Crippen molar-refractivity contribution in [3.8, 4) is 0 Å². The van der Waals surface area contributed by atoms with Crippen molar-refractivity contribution in [1.29, 1.82) is 0 Å². The third kappa shape index (κ3) is 4.48. The molecule has 1 aliphatic carbocycles. The predicted molar refractivity (Wildman–Crippen MR) is 113 cm³/mol. The average Bonchev–Trinajstić information content (AvgIpc) is 2.93. The van der Waals surface area contributed by atoms with Crippen molar-refractivity contribution in [1.82, 2.24) is 9.97 Å². The number of fused-ring (bicyclic) bond motifs is 3. The summed E-state index contributed by atoms with van der Waals surface area (Å²) in [4.78, 5) is 35.2. The molecule has 6 nitrogen and oxygen atoms in total. The van der Waals surface area contributed by atoms with Crippen LogP contribution in [0.2, 0.25) is 0 Å². The van der Waals surface area contributed by atoms with E-state index in [-0.39, 0.29) is 25.2 Å². The lowest BCUT2D eigenvalue weighted by molar-refractivity contribution is -0.145. The lowest BCUT2D eigenvalue weighted by atomic mass is 10.1. The first-order chi connectivity index (χ1) is 14.5. The molecule has 8 heteroatoms. The molecule has 0 radical (unpaired) electrons. The van der Waals surface area contributed by atoms with Crippen molar-refractivity contribution in [2.75, 3.05) is 5.73 Å². The van der Waals surface area contributed by atoms with Gasteiger partial charge in [0.2, 0.25) is 0 Å². The van der Waals surface area contributed by atoms with Crippen LogP contribution in [0.1, 0.15) is 58.7 Å². The number of esters is 1. The quantitative estimate of drug-likeness (QED) is 0.356. The number of halogens is 1. The molecule has 0 aliphatic heterocycles. The highest BCUT2D eigenvalue weighted by atomic mass is 32.1. The third-order valence-corrected chi connectivity index (χ3v) is 6.41. The molecule has 0 bridgehead atoms. The lowest BCUT2D eigenvalue weighted by Gasteiger charge is -2.06. The van der Waals surface area contributed by atoms with Gasteiger partial charge in [0, 0.05) is 16.9 Å². The van der Waals surface area contributed by atoms with E-state index >= 15 is 0 Å². The molecule has 2 aromatic heterocycles. The second-order valence-corrected chi connectivity index (χ2v) is 8.44. The Morgan fingerprint density at radius 2 is 1.83 bits per heavy atom. The molecule has 1 aliphatic rings. The second kappa shape index (κ2) is 8.87. The maximum absolute atomic E-state index is 12.9. The van der Waals surface area contributed by atoms with E-state index in [1.54, 1.807) is 11.3 Å². The minimum Gasteiger partial charge on any atom is -0.457 e. The fraction of sp³-hybridized carbons (Fsp3) is 0.364. The smallest absolute Gasteiger partial charge is 0.306 e. The molecule has 156 valence electrons. The molecular formula is C22H22FN3O3S. The minimum atomic E-state index is -0.519. The number of hydrogen-bond donors (Lipinski definition) is 1. The van der Waals surface area contributed by atoms with Gasteiger partial charge in [0.25, 0.3) is 0 Å². The SMILES string of the molecule is Nc1nc(COC(=O)CCC(=O)c2ccc(F)cc2)nc2sc3c(c12)CCCCC3. The normalized spacial score (nSPS) is 13.6. The summed E-state index contributed by atoms with van der Waals surface area (Å²) in [6.45, 7) is -0.0910. The minimum absolute atomic E-state index is 0.00978. The van der Waals surface area contributed by atoms with Crippen LogP contribution in [-0.2, 0) is 29.0 Å². The molecule has 0 spiro atoms. The number of anilines is 1. The van der Waals surface area contributed by atoms with Gasteiger partial charge in [-0.3, -0.25) is 9.59 Å². The van der Waals surface area contributed by atoms with E-state index in [1.807, 2.05) is 0 Å². The standard InChI is InChI=1S/C22H22FN3O3S/c23-14-8-6-13(7-9-14)16(27)10-11-19(28)29-12-18-25-21(24)20-15-4-2-1-3-5-17(15)30-22(20)26-18/h6-9H,1-5,10-12H2,(H2,24,25,26). The van der Waals surface area contributed by atoms with Crippen molar-refractivity contribution >= 4 is 39.1 Å². The summed E-state index contributed by atoms with van der Waals surface area (Å²) in [6, 6.07) is 5.23. The molecule has 2 heterocycles. The number of hydrogen-bond acceptors (Lipinski definition) is 7. The summed E-state index contributed by atoms with van der Waals surface area (Å²) in [5, 5.41) is 0.942. The van der Waals surface area contributed by atoms with Gasteiger partial charge in [-0.05, 0) is 55.5 Å². The van der Waals surface area contributed by atoms with Crippen LogP contribution in [-0.4, -0.2) is 21.7 Å². The average molecular weight is 428 g/mol. The third-order valence-electron chi connectivity index (χ3n) is 5.22. The van der Waals surface area contributed by atoms with Gasteiger partial charge >= 0.3 is 5.97 Å². The summed E-state index contributed by atoms with van der Waals surface area (Å²) < 4.78 is 18.2. The van der Waals surface area contributed by atoms with Gasteiger partial charge in [-0.2, -0.15) is 0 Å². The fourth-order valence-corrected chi connectivity index (χ4v) is 4.97. The van der Waals surface area contributed by atoms with Crippen LogP contribution < -0.4 is 5.73 Å².